The highest BCUT2D eigenvalue weighted by atomic mass is 79.9. The van der Waals surface area contributed by atoms with Crippen molar-refractivity contribution in [3.05, 3.63) is 56.7 Å². The molecule has 0 spiro atoms. The summed E-state index contributed by atoms with van der Waals surface area (Å²) in [4.78, 5) is 14.1. The van der Waals surface area contributed by atoms with Gasteiger partial charge in [-0.2, -0.15) is 5.10 Å². The van der Waals surface area contributed by atoms with Crippen LogP contribution in [-0.4, -0.2) is 16.3 Å². The lowest BCUT2D eigenvalue weighted by atomic mass is 10.0. The van der Waals surface area contributed by atoms with E-state index in [9.17, 15) is 9.18 Å². The molecule has 0 bridgehead atoms. The summed E-state index contributed by atoms with van der Waals surface area (Å²) in [5, 5.41) is 4.09. The van der Waals surface area contributed by atoms with E-state index in [0.29, 0.717) is 4.47 Å². The van der Waals surface area contributed by atoms with Crippen LogP contribution in [0.3, 0.4) is 0 Å². The molecule has 0 N–H and O–H groups in total. The number of nitrogens with zero attached hydrogens (tertiary/aromatic N) is 3. The molecule has 2 heterocycles. The van der Waals surface area contributed by atoms with Crippen LogP contribution in [0.4, 0.5) is 10.1 Å². The summed E-state index contributed by atoms with van der Waals surface area (Å²) in [5.41, 5.74) is 1.53. The monoisotopic (exact) mass is 351 g/mol. The van der Waals surface area contributed by atoms with Crippen molar-refractivity contribution in [1.82, 2.24) is 9.78 Å². The maximum atomic E-state index is 13.5. The molecule has 1 saturated heterocycles. The average molecular weight is 352 g/mol. The normalized spacial score (nSPS) is 18.2. The SMILES string of the molecule is Cn1ncc(N2CCCC2c2cccc(F)c2)c(Br)c1=O. The Bertz CT molecular complexity index is 731. The first kappa shape index (κ1) is 14.3. The van der Waals surface area contributed by atoms with Gasteiger partial charge in [-0.1, -0.05) is 12.1 Å². The summed E-state index contributed by atoms with van der Waals surface area (Å²) >= 11 is 3.37. The van der Waals surface area contributed by atoms with Gasteiger partial charge < -0.3 is 4.90 Å². The maximum absolute atomic E-state index is 13.5. The van der Waals surface area contributed by atoms with Crippen LogP contribution in [0.15, 0.2) is 39.7 Å². The Morgan fingerprint density at radius 3 is 3.00 bits per heavy atom. The lowest BCUT2D eigenvalue weighted by Gasteiger charge is -2.27. The topological polar surface area (TPSA) is 38.1 Å². The second-order valence-corrected chi connectivity index (χ2v) is 5.97. The average Bonchev–Trinajstić information content (AvgIpc) is 2.94. The number of halogens is 2. The van der Waals surface area contributed by atoms with Crippen LogP contribution in [0.1, 0.15) is 24.4 Å². The van der Waals surface area contributed by atoms with Crippen molar-refractivity contribution in [3.63, 3.8) is 0 Å². The summed E-state index contributed by atoms with van der Waals surface area (Å²) in [6, 6.07) is 6.72. The summed E-state index contributed by atoms with van der Waals surface area (Å²) in [6.07, 6.45) is 3.62. The van der Waals surface area contributed by atoms with Gasteiger partial charge in [0.1, 0.15) is 10.3 Å². The van der Waals surface area contributed by atoms with Gasteiger partial charge in [0.15, 0.2) is 0 Å². The summed E-state index contributed by atoms with van der Waals surface area (Å²) in [6.45, 7) is 0.828. The molecule has 1 aliphatic heterocycles. The lowest BCUT2D eigenvalue weighted by Crippen LogP contribution is -2.28. The van der Waals surface area contributed by atoms with E-state index < -0.39 is 0 Å². The number of aromatic nitrogens is 2. The molecule has 1 atom stereocenters. The fraction of sp³-hybridized carbons (Fsp3) is 0.333. The van der Waals surface area contributed by atoms with Gasteiger partial charge in [-0.3, -0.25) is 4.79 Å². The highest BCUT2D eigenvalue weighted by molar-refractivity contribution is 9.10. The highest BCUT2D eigenvalue weighted by Crippen LogP contribution is 2.38. The van der Waals surface area contributed by atoms with Gasteiger partial charge in [-0.15, -0.1) is 0 Å². The minimum atomic E-state index is -0.236. The first-order valence-electron chi connectivity index (χ1n) is 6.82. The lowest BCUT2D eigenvalue weighted by molar-refractivity contribution is 0.618. The minimum absolute atomic E-state index is 0.0749. The van der Waals surface area contributed by atoms with E-state index in [1.165, 1.54) is 10.7 Å². The van der Waals surface area contributed by atoms with Crippen molar-refractivity contribution in [1.29, 1.82) is 0 Å². The van der Waals surface area contributed by atoms with Crippen LogP contribution in [0.2, 0.25) is 0 Å². The van der Waals surface area contributed by atoms with E-state index in [-0.39, 0.29) is 17.4 Å². The van der Waals surface area contributed by atoms with Crippen molar-refractivity contribution < 1.29 is 4.39 Å². The predicted octanol–water partition coefficient (Wildman–Crippen LogP) is 3.02. The molecule has 0 radical (unpaired) electrons. The Labute approximate surface area is 130 Å². The van der Waals surface area contributed by atoms with Crippen LogP contribution >= 0.6 is 15.9 Å². The van der Waals surface area contributed by atoms with E-state index in [1.807, 2.05) is 6.07 Å². The Kier molecular flexibility index (Phi) is 3.80. The molecular formula is C15H15BrFN3O. The van der Waals surface area contributed by atoms with Crippen molar-refractivity contribution in [3.8, 4) is 0 Å². The number of aryl methyl sites for hydroxylation is 1. The first-order valence-corrected chi connectivity index (χ1v) is 7.61. The van der Waals surface area contributed by atoms with E-state index in [1.54, 1.807) is 25.4 Å². The van der Waals surface area contributed by atoms with Crippen molar-refractivity contribution in [2.75, 3.05) is 11.4 Å². The summed E-state index contributed by atoms with van der Waals surface area (Å²) < 4.78 is 15.2. The van der Waals surface area contributed by atoms with Crippen molar-refractivity contribution in [2.45, 2.75) is 18.9 Å². The molecular weight excluding hydrogens is 337 g/mol. The predicted molar refractivity (Wildman–Crippen MR) is 82.9 cm³/mol. The molecule has 1 aliphatic rings. The Hall–Kier alpha value is -1.69. The molecule has 4 nitrogen and oxygen atoms in total. The minimum Gasteiger partial charge on any atom is -0.362 e. The fourth-order valence-electron chi connectivity index (χ4n) is 2.82. The smallest absolute Gasteiger partial charge is 0.282 e. The standard InChI is InChI=1S/C15H15BrFN3O/c1-19-15(21)14(16)13(9-18-19)20-7-3-6-12(20)10-4-2-5-11(17)8-10/h2,4-5,8-9,12H,3,6-7H2,1H3. The fourth-order valence-corrected chi connectivity index (χ4v) is 3.40. The zero-order chi connectivity index (χ0) is 15.0. The summed E-state index contributed by atoms with van der Waals surface area (Å²) in [7, 11) is 1.62. The molecule has 1 aromatic carbocycles. The molecule has 110 valence electrons. The maximum Gasteiger partial charge on any atom is 0.282 e. The number of rotatable bonds is 2. The molecule has 0 saturated carbocycles. The van der Waals surface area contributed by atoms with E-state index in [0.717, 1.165) is 30.6 Å². The molecule has 21 heavy (non-hydrogen) atoms. The van der Waals surface area contributed by atoms with Crippen molar-refractivity contribution in [2.24, 2.45) is 7.05 Å². The zero-order valence-electron chi connectivity index (χ0n) is 11.6. The molecule has 1 aromatic heterocycles. The van der Waals surface area contributed by atoms with Crippen LogP contribution in [-0.2, 0) is 7.05 Å². The quantitative estimate of drug-likeness (QED) is 0.834. The van der Waals surface area contributed by atoms with Crippen LogP contribution < -0.4 is 10.5 Å². The molecule has 3 rings (SSSR count). The number of hydrogen-bond donors (Lipinski definition) is 0. The van der Waals surface area contributed by atoms with E-state index >= 15 is 0 Å². The summed E-state index contributed by atoms with van der Waals surface area (Å²) in [5.74, 6) is -0.236. The van der Waals surface area contributed by atoms with Crippen LogP contribution in [0, 0.1) is 5.82 Å². The number of anilines is 1. The zero-order valence-corrected chi connectivity index (χ0v) is 13.2. The third-order valence-electron chi connectivity index (χ3n) is 3.86. The first-order chi connectivity index (χ1) is 10.1. The van der Waals surface area contributed by atoms with Gasteiger partial charge in [0.2, 0.25) is 0 Å². The van der Waals surface area contributed by atoms with Gasteiger partial charge in [0.05, 0.1) is 17.9 Å². The molecule has 1 fully saturated rings. The molecule has 1 unspecified atom stereocenters. The Morgan fingerprint density at radius 1 is 1.43 bits per heavy atom. The highest BCUT2D eigenvalue weighted by Gasteiger charge is 2.28. The van der Waals surface area contributed by atoms with E-state index in [2.05, 4.69) is 25.9 Å². The van der Waals surface area contributed by atoms with Crippen LogP contribution in [0.5, 0.6) is 0 Å². The van der Waals surface area contributed by atoms with E-state index in [4.69, 9.17) is 0 Å². The molecule has 0 aliphatic carbocycles. The van der Waals surface area contributed by atoms with Gasteiger partial charge in [0, 0.05) is 13.6 Å². The Balaban J connectivity index is 2.02. The van der Waals surface area contributed by atoms with Gasteiger partial charge in [-0.05, 0) is 46.5 Å². The van der Waals surface area contributed by atoms with Crippen molar-refractivity contribution >= 4 is 21.6 Å². The van der Waals surface area contributed by atoms with Gasteiger partial charge in [-0.25, -0.2) is 9.07 Å². The second kappa shape index (κ2) is 5.60. The number of hydrogen-bond acceptors (Lipinski definition) is 3. The molecule has 2 aromatic rings. The Morgan fingerprint density at radius 2 is 2.24 bits per heavy atom. The van der Waals surface area contributed by atoms with Gasteiger partial charge in [0.25, 0.3) is 5.56 Å². The molecule has 6 heteroatoms. The number of benzene rings is 1. The largest absolute Gasteiger partial charge is 0.362 e. The van der Waals surface area contributed by atoms with Crippen LogP contribution in [0.25, 0.3) is 0 Å². The third kappa shape index (κ3) is 2.60. The molecule has 0 amide bonds. The third-order valence-corrected chi connectivity index (χ3v) is 4.60. The second-order valence-electron chi connectivity index (χ2n) is 5.18. The van der Waals surface area contributed by atoms with Gasteiger partial charge >= 0.3 is 0 Å².